The molecule has 2 heterocycles. The lowest BCUT2D eigenvalue weighted by molar-refractivity contribution is -0.130. The third-order valence-corrected chi connectivity index (χ3v) is 5.61. The van der Waals surface area contributed by atoms with Gasteiger partial charge in [0.2, 0.25) is 11.8 Å². The summed E-state index contributed by atoms with van der Waals surface area (Å²) in [5, 5.41) is 12.6. The van der Waals surface area contributed by atoms with Gasteiger partial charge in [0.1, 0.15) is 11.8 Å². The SMILES string of the molecule is Cc1oc(-c2ccccc2)nc1CC1(NCC(=O)N2CCC[C@H]2C#N)CC1. The molecule has 1 amide bonds. The van der Waals surface area contributed by atoms with E-state index in [0.717, 1.165) is 49.1 Å². The monoisotopic (exact) mass is 364 g/mol. The van der Waals surface area contributed by atoms with Crippen molar-refractivity contribution in [1.29, 1.82) is 5.26 Å². The third kappa shape index (κ3) is 3.74. The first kappa shape index (κ1) is 17.7. The van der Waals surface area contributed by atoms with Crippen LogP contribution in [0, 0.1) is 18.3 Å². The van der Waals surface area contributed by atoms with Crippen molar-refractivity contribution < 1.29 is 9.21 Å². The van der Waals surface area contributed by atoms with Crippen molar-refractivity contribution in [3.8, 4) is 17.5 Å². The van der Waals surface area contributed by atoms with Gasteiger partial charge in [0.05, 0.1) is 18.3 Å². The number of rotatable bonds is 6. The average molecular weight is 364 g/mol. The van der Waals surface area contributed by atoms with Crippen LogP contribution in [0.4, 0.5) is 0 Å². The fourth-order valence-corrected chi connectivity index (χ4v) is 3.75. The number of carbonyl (C=O) groups is 1. The van der Waals surface area contributed by atoms with Gasteiger partial charge in [-0.2, -0.15) is 5.26 Å². The molecule has 4 rings (SSSR count). The molecule has 0 bridgehead atoms. The summed E-state index contributed by atoms with van der Waals surface area (Å²) in [6.45, 7) is 2.91. The Kier molecular flexibility index (Phi) is 4.71. The first-order valence-corrected chi connectivity index (χ1v) is 9.56. The maximum Gasteiger partial charge on any atom is 0.237 e. The fourth-order valence-electron chi connectivity index (χ4n) is 3.75. The van der Waals surface area contributed by atoms with E-state index in [1.54, 1.807) is 4.90 Å². The Balaban J connectivity index is 1.39. The summed E-state index contributed by atoms with van der Waals surface area (Å²) in [5.41, 5.74) is 1.84. The van der Waals surface area contributed by atoms with E-state index in [1.165, 1.54) is 0 Å². The number of aryl methyl sites for hydroxylation is 1. The van der Waals surface area contributed by atoms with E-state index in [4.69, 9.17) is 14.7 Å². The molecule has 6 nitrogen and oxygen atoms in total. The van der Waals surface area contributed by atoms with Gasteiger partial charge in [0, 0.05) is 24.1 Å². The molecule has 1 aromatic carbocycles. The number of carbonyl (C=O) groups excluding carboxylic acids is 1. The molecular formula is C21H24N4O2. The number of hydrogen-bond donors (Lipinski definition) is 1. The average Bonchev–Trinajstić information content (AvgIpc) is 3.12. The molecule has 27 heavy (non-hydrogen) atoms. The second-order valence-electron chi connectivity index (χ2n) is 7.57. The zero-order valence-electron chi connectivity index (χ0n) is 15.6. The lowest BCUT2D eigenvalue weighted by atomic mass is 10.1. The molecule has 1 saturated heterocycles. The van der Waals surface area contributed by atoms with Gasteiger partial charge in [0.25, 0.3) is 0 Å². The quantitative estimate of drug-likeness (QED) is 0.852. The number of hydrogen-bond acceptors (Lipinski definition) is 5. The second-order valence-corrected chi connectivity index (χ2v) is 7.57. The number of nitriles is 1. The van der Waals surface area contributed by atoms with E-state index in [9.17, 15) is 4.79 Å². The van der Waals surface area contributed by atoms with Crippen LogP contribution in [0.2, 0.25) is 0 Å². The Bertz CT molecular complexity index is 864. The number of amides is 1. The van der Waals surface area contributed by atoms with Crippen LogP contribution in [0.3, 0.4) is 0 Å². The van der Waals surface area contributed by atoms with E-state index < -0.39 is 0 Å². The first-order valence-electron chi connectivity index (χ1n) is 9.56. The van der Waals surface area contributed by atoms with Crippen molar-refractivity contribution in [2.45, 2.75) is 50.6 Å². The summed E-state index contributed by atoms with van der Waals surface area (Å²) < 4.78 is 5.86. The fraction of sp³-hybridized carbons (Fsp3) is 0.476. The number of aromatic nitrogens is 1. The summed E-state index contributed by atoms with van der Waals surface area (Å²) in [4.78, 5) is 18.9. The van der Waals surface area contributed by atoms with Crippen molar-refractivity contribution in [2.24, 2.45) is 0 Å². The summed E-state index contributed by atoms with van der Waals surface area (Å²) in [5.74, 6) is 1.49. The predicted molar refractivity (Wildman–Crippen MR) is 101 cm³/mol. The van der Waals surface area contributed by atoms with Crippen LogP contribution in [0.15, 0.2) is 34.7 Å². The van der Waals surface area contributed by atoms with E-state index in [1.807, 2.05) is 37.3 Å². The number of likely N-dealkylation sites (tertiary alicyclic amines) is 1. The molecule has 1 aliphatic carbocycles. The number of oxazole rings is 1. The van der Waals surface area contributed by atoms with E-state index >= 15 is 0 Å². The molecule has 0 radical (unpaired) electrons. The molecule has 0 unspecified atom stereocenters. The normalized spacial score (nSPS) is 20.4. The number of nitrogens with zero attached hydrogens (tertiary/aromatic N) is 3. The molecule has 1 saturated carbocycles. The van der Waals surface area contributed by atoms with Crippen LogP contribution < -0.4 is 5.32 Å². The summed E-state index contributed by atoms with van der Waals surface area (Å²) >= 11 is 0. The Morgan fingerprint density at radius 2 is 2.19 bits per heavy atom. The van der Waals surface area contributed by atoms with Gasteiger partial charge in [-0.3, -0.25) is 4.79 Å². The molecule has 1 aliphatic heterocycles. The lowest BCUT2D eigenvalue weighted by Gasteiger charge is -2.22. The van der Waals surface area contributed by atoms with E-state index in [-0.39, 0.29) is 24.0 Å². The highest BCUT2D eigenvalue weighted by atomic mass is 16.4. The molecule has 0 spiro atoms. The minimum atomic E-state index is -0.263. The highest BCUT2D eigenvalue weighted by Gasteiger charge is 2.44. The first-order chi connectivity index (χ1) is 13.1. The Labute approximate surface area is 159 Å². The highest BCUT2D eigenvalue weighted by Crippen LogP contribution is 2.39. The molecule has 140 valence electrons. The molecule has 1 aromatic heterocycles. The zero-order chi connectivity index (χ0) is 18.9. The van der Waals surface area contributed by atoms with Crippen LogP contribution in [0.25, 0.3) is 11.5 Å². The molecule has 2 aliphatic rings. The minimum Gasteiger partial charge on any atom is -0.441 e. The molecule has 2 aromatic rings. The summed E-state index contributed by atoms with van der Waals surface area (Å²) in [7, 11) is 0. The van der Waals surface area contributed by atoms with Crippen molar-refractivity contribution in [2.75, 3.05) is 13.1 Å². The minimum absolute atomic E-state index is 0.0205. The number of benzene rings is 1. The molecule has 6 heteroatoms. The molecule has 1 atom stereocenters. The van der Waals surface area contributed by atoms with Crippen LogP contribution >= 0.6 is 0 Å². The van der Waals surface area contributed by atoms with Gasteiger partial charge >= 0.3 is 0 Å². The predicted octanol–water partition coefficient (Wildman–Crippen LogP) is 2.83. The van der Waals surface area contributed by atoms with Crippen LogP contribution in [-0.4, -0.2) is 40.5 Å². The largest absolute Gasteiger partial charge is 0.441 e. The van der Waals surface area contributed by atoms with E-state index in [2.05, 4.69) is 11.4 Å². The van der Waals surface area contributed by atoms with E-state index in [0.29, 0.717) is 12.4 Å². The topological polar surface area (TPSA) is 82.2 Å². The summed E-state index contributed by atoms with van der Waals surface area (Å²) in [6.07, 6.45) is 4.50. The molecular weight excluding hydrogens is 340 g/mol. The maximum atomic E-state index is 12.5. The van der Waals surface area contributed by atoms with Crippen LogP contribution in [-0.2, 0) is 11.2 Å². The van der Waals surface area contributed by atoms with Gasteiger partial charge < -0.3 is 14.6 Å². The summed E-state index contributed by atoms with van der Waals surface area (Å²) in [6, 6.07) is 11.8. The Hall–Kier alpha value is -2.65. The molecule has 2 fully saturated rings. The molecule has 1 N–H and O–H groups in total. The highest BCUT2D eigenvalue weighted by molar-refractivity contribution is 5.79. The van der Waals surface area contributed by atoms with Crippen molar-refractivity contribution in [1.82, 2.24) is 15.2 Å². The van der Waals surface area contributed by atoms with Gasteiger partial charge in [-0.25, -0.2) is 4.98 Å². The van der Waals surface area contributed by atoms with Gasteiger partial charge in [-0.05, 0) is 44.7 Å². The van der Waals surface area contributed by atoms with Gasteiger partial charge in [-0.1, -0.05) is 18.2 Å². The lowest BCUT2D eigenvalue weighted by Crippen LogP contribution is -2.45. The van der Waals surface area contributed by atoms with Gasteiger partial charge in [0.15, 0.2) is 0 Å². The standard InChI is InChI=1S/C21H24N4O2/c1-15-18(24-20(27-15)16-6-3-2-4-7-16)12-21(9-10-21)23-14-19(26)25-11-5-8-17(25)13-22/h2-4,6-7,17,23H,5,8-12,14H2,1H3/t17-/m0/s1. The van der Waals surface area contributed by atoms with Crippen molar-refractivity contribution >= 4 is 5.91 Å². The van der Waals surface area contributed by atoms with Gasteiger partial charge in [-0.15, -0.1) is 0 Å². The smallest absolute Gasteiger partial charge is 0.237 e. The zero-order valence-corrected chi connectivity index (χ0v) is 15.6. The Morgan fingerprint density at radius 1 is 1.41 bits per heavy atom. The third-order valence-electron chi connectivity index (χ3n) is 5.61. The number of nitrogens with one attached hydrogen (secondary N) is 1. The second kappa shape index (κ2) is 7.16. The Morgan fingerprint density at radius 3 is 2.89 bits per heavy atom. The van der Waals surface area contributed by atoms with Crippen LogP contribution in [0.1, 0.15) is 37.1 Å². The maximum absolute atomic E-state index is 12.5. The van der Waals surface area contributed by atoms with Crippen LogP contribution in [0.5, 0.6) is 0 Å². The van der Waals surface area contributed by atoms with Crippen molar-refractivity contribution in [3.63, 3.8) is 0 Å². The van der Waals surface area contributed by atoms with Crippen molar-refractivity contribution in [3.05, 3.63) is 41.8 Å².